The van der Waals surface area contributed by atoms with E-state index in [1.165, 1.54) is 5.39 Å². The van der Waals surface area contributed by atoms with Crippen LogP contribution in [0.4, 0.5) is 0 Å². The van der Waals surface area contributed by atoms with E-state index >= 15 is 0 Å². The van der Waals surface area contributed by atoms with Crippen molar-refractivity contribution < 1.29 is 9.84 Å². The van der Waals surface area contributed by atoms with Gasteiger partial charge in [-0.3, -0.25) is 0 Å². The fraction of sp³-hybridized carbons (Fsp3) is 0.0667. The number of fused-ring (bicyclic) bond motifs is 2. The van der Waals surface area contributed by atoms with Gasteiger partial charge in [-0.05, 0) is 34.4 Å². The van der Waals surface area contributed by atoms with Gasteiger partial charge in [0, 0.05) is 5.39 Å². The van der Waals surface area contributed by atoms with Crippen molar-refractivity contribution in [2.75, 3.05) is 7.11 Å². The van der Waals surface area contributed by atoms with Gasteiger partial charge in [0.15, 0.2) is 11.5 Å². The molecule has 17 heavy (non-hydrogen) atoms. The smallest absolute Gasteiger partial charge is 0.165 e. The van der Waals surface area contributed by atoms with Crippen LogP contribution in [-0.4, -0.2) is 12.2 Å². The van der Waals surface area contributed by atoms with Gasteiger partial charge in [0.1, 0.15) is 0 Å². The zero-order valence-electron chi connectivity index (χ0n) is 9.47. The molecule has 2 heteroatoms. The number of phenolic OH excluding ortho intramolecular Hbond substituents is 1. The van der Waals surface area contributed by atoms with Crippen molar-refractivity contribution in [1.29, 1.82) is 0 Å². The second-order valence-electron chi connectivity index (χ2n) is 4.04. The number of methoxy groups -OCH3 is 1. The molecule has 0 unspecified atom stereocenters. The minimum atomic E-state index is 0.204. The second-order valence-corrected chi connectivity index (χ2v) is 4.04. The summed E-state index contributed by atoms with van der Waals surface area (Å²) in [5.74, 6) is 0.712. The lowest BCUT2D eigenvalue weighted by atomic mass is 10.0. The predicted octanol–water partition coefficient (Wildman–Crippen LogP) is 3.71. The van der Waals surface area contributed by atoms with E-state index in [0.29, 0.717) is 5.75 Å². The maximum atomic E-state index is 10.1. The Kier molecular flexibility index (Phi) is 2.15. The molecule has 0 saturated heterocycles. The lowest BCUT2D eigenvalue weighted by molar-refractivity contribution is 0.376. The maximum absolute atomic E-state index is 10.1. The molecule has 0 fully saturated rings. The fourth-order valence-electron chi connectivity index (χ4n) is 2.14. The Bertz CT molecular complexity index is 702. The van der Waals surface area contributed by atoms with Gasteiger partial charge in [-0.25, -0.2) is 0 Å². The molecule has 2 nitrogen and oxygen atoms in total. The molecule has 0 amide bonds. The molecule has 0 aliphatic carbocycles. The highest BCUT2D eigenvalue weighted by Gasteiger charge is 2.07. The number of hydrogen-bond donors (Lipinski definition) is 1. The van der Waals surface area contributed by atoms with E-state index in [0.717, 1.165) is 16.2 Å². The quantitative estimate of drug-likeness (QED) is 0.638. The molecule has 3 aromatic rings. The first-order chi connectivity index (χ1) is 8.29. The molecule has 0 atom stereocenters. The van der Waals surface area contributed by atoms with Gasteiger partial charge in [0.25, 0.3) is 0 Å². The first kappa shape index (κ1) is 9.97. The monoisotopic (exact) mass is 224 g/mol. The highest BCUT2D eigenvalue weighted by molar-refractivity contribution is 6.01. The van der Waals surface area contributed by atoms with Crippen LogP contribution in [0.5, 0.6) is 11.5 Å². The molecule has 0 aromatic heterocycles. The molecule has 3 aromatic carbocycles. The molecule has 3 rings (SSSR count). The number of benzene rings is 3. The van der Waals surface area contributed by atoms with E-state index in [1.54, 1.807) is 13.2 Å². The van der Waals surface area contributed by atoms with Crippen molar-refractivity contribution in [3.63, 3.8) is 0 Å². The average molecular weight is 224 g/mol. The van der Waals surface area contributed by atoms with Crippen LogP contribution >= 0.6 is 0 Å². The third-order valence-corrected chi connectivity index (χ3v) is 3.04. The van der Waals surface area contributed by atoms with Gasteiger partial charge in [0.05, 0.1) is 7.11 Å². The molecule has 84 valence electrons. The Morgan fingerprint density at radius 2 is 1.59 bits per heavy atom. The van der Waals surface area contributed by atoms with Crippen LogP contribution in [0.15, 0.2) is 48.5 Å². The van der Waals surface area contributed by atoms with Gasteiger partial charge < -0.3 is 9.84 Å². The third kappa shape index (κ3) is 1.49. The van der Waals surface area contributed by atoms with Crippen LogP contribution < -0.4 is 4.74 Å². The number of phenols is 1. The lowest BCUT2D eigenvalue weighted by Gasteiger charge is -2.08. The highest BCUT2D eigenvalue weighted by atomic mass is 16.5. The van der Waals surface area contributed by atoms with Gasteiger partial charge in [-0.1, -0.05) is 30.3 Å². The predicted molar refractivity (Wildman–Crippen MR) is 69.7 cm³/mol. The zero-order chi connectivity index (χ0) is 11.8. The molecular formula is C15H12O2. The third-order valence-electron chi connectivity index (χ3n) is 3.04. The molecular weight excluding hydrogens is 212 g/mol. The van der Waals surface area contributed by atoms with Crippen LogP contribution in [0.1, 0.15) is 0 Å². The van der Waals surface area contributed by atoms with Crippen LogP contribution in [-0.2, 0) is 0 Å². The van der Waals surface area contributed by atoms with Gasteiger partial charge in [-0.2, -0.15) is 0 Å². The Morgan fingerprint density at radius 3 is 2.29 bits per heavy atom. The Morgan fingerprint density at radius 1 is 0.882 bits per heavy atom. The molecule has 0 bridgehead atoms. The van der Waals surface area contributed by atoms with Crippen LogP contribution in [0.3, 0.4) is 0 Å². The number of hydrogen-bond acceptors (Lipinski definition) is 2. The highest BCUT2D eigenvalue weighted by Crippen LogP contribution is 2.36. The summed E-state index contributed by atoms with van der Waals surface area (Å²) in [6.07, 6.45) is 0. The molecule has 1 N–H and O–H groups in total. The van der Waals surface area contributed by atoms with Crippen LogP contribution in [0.25, 0.3) is 21.5 Å². The normalized spacial score (nSPS) is 10.9. The first-order valence-electron chi connectivity index (χ1n) is 5.48. The second kappa shape index (κ2) is 3.67. The summed E-state index contributed by atoms with van der Waals surface area (Å²) in [6, 6.07) is 15.9. The first-order valence-corrected chi connectivity index (χ1v) is 5.48. The average Bonchev–Trinajstić information content (AvgIpc) is 2.37. The van der Waals surface area contributed by atoms with Crippen molar-refractivity contribution in [2.24, 2.45) is 0 Å². The minimum absolute atomic E-state index is 0.204. The lowest BCUT2D eigenvalue weighted by Crippen LogP contribution is -1.84. The fourth-order valence-corrected chi connectivity index (χ4v) is 2.14. The number of rotatable bonds is 1. The topological polar surface area (TPSA) is 29.5 Å². The number of aromatic hydroxyl groups is 1. The van der Waals surface area contributed by atoms with Crippen molar-refractivity contribution in [3.8, 4) is 11.5 Å². The SMILES string of the molecule is COc1ccc2cc3ccccc3cc2c1O. The minimum Gasteiger partial charge on any atom is -0.504 e. The van der Waals surface area contributed by atoms with E-state index in [2.05, 4.69) is 12.1 Å². The molecule has 0 radical (unpaired) electrons. The Labute approximate surface area is 99.1 Å². The summed E-state index contributed by atoms with van der Waals surface area (Å²) < 4.78 is 5.12. The maximum Gasteiger partial charge on any atom is 0.165 e. The van der Waals surface area contributed by atoms with Crippen LogP contribution in [0.2, 0.25) is 0 Å². The summed E-state index contributed by atoms with van der Waals surface area (Å²) in [6.45, 7) is 0. The summed E-state index contributed by atoms with van der Waals surface area (Å²) in [5, 5.41) is 14.2. The van der Waals surface area contributed by atoms with Crippen molar-refractivity contribution >= 4 is 21.5 Å². The Balaban J connectivity index is 2.44. The molecule has 0 saturated carbocycles. The van der Waals surface area contributed by atoms with Crippen molar-refractivity contribution in [3.05, 3.63) is 48.5 Å². The molecule has 0 aliphatic heterocycles. The molecule has 0 heterocycles. The van der Waals surface area contributed by atoms with Crippen molar-refractivity contribution in [1.82, 2.24) is 0 Å². The number of ether oxygens (including phenoxy) is 1. The van der Waals surface area contributed by atoms with Gasteiger partial charge >= 0.3 is 0 Å². The summed E-state index contributed by atoms with van der Waals surface area (Å²) in [4.78, 5) is 0. The van der Waals surface area contributed by atoms with Gasteiger partial charge in [0.2, 0.25) is 0 Å². The largest absolute Gasteiger partial charge is 0.504 e. The van der Waals surface area contributed by atoms with E-state index in [-0.39, 0.29) is 5.75 Å². The standard InChI is InChI=1S/C15H12O2/c1-17-14-7-6-12-8-10-4-2-3-5-11(10)9-13(12)15(14)16/h2-9,16H,1H3. The van der Waals surface area contributed by atoms with Gasteiger partial charge in [-0.15, -0.1) is 0 Å². The summed E-state index contributed by atoms with van der Waals surface area (Å²) >= 11 is 0. The summed E-state index contributed by atoms with van der Waals surface area (Å²) in [7, 11) is 1.56. The van der Waals surface area contributed by atoms with E-state index in [4.69, 9.17) is 4.74 Å². The zero-order valence-corrected chi connectivity index (χ0v) is 9.47. The molecule has 0 spiro atoms. The molecule has 0 aliphatic rings. The Hall–Kier alpha value is -2.22. The van der Waals surface area contributed by atoms with E-state index < -0.39 is 0 Å². The van der Waals surface area contributed by atoms with E-state index in [9.17, 15) is 5.11 Å². The summed E-state index contributed by atoms with van der Waals surface area (Å²) in [5.41, 5.74) is 0. The van der Waals surface area contributed by atoms with E-state index in [1.807, 2.05) is 30.3 Å². The van der Waals surface area contributed by atoms with Crippen molar-refractivity contribution in [2.45, 2.75) is 0 Å². The van der Waals surface area contributed by atoms with Crippen LogP contribution in [0, 0.1) is 0 Å².